The molecule has 0 aromatic heterocycles. The first-order valence-corrected chi connectivity index (χ1v) is 4.37. The van der Waals surface area contributed by atoms with Crippen LogP contribution in [0.4, 0.5) is 4.79 Å². The fraction of sp³-hybridized carbons (Fsp3) is 0.200. The van der Waals surface area contributed by atoms with E-state index in [1.807, 2.05) is 30.3 Å². The van der Waals surface area contributed by atoms with Crippen molar-refractivity contribution in [2.75, 3.05) is 0 Å². The first-order chi connectivity index (χ1) is 7.43. The summed E-state index contributed by atoms with van der Waals surface area (Å²) in [5.74, 6) is -0.959. The molecule has 7 heteroatoms. The van der Waals surface area contributed by atoms with E-state index >= 15 is 0 Å². The van der Waals surface area contributed by atoms with Crippen LogP contribution in [0.1, 0.15) is 6.99 Å². The van der Waals surface area contributed by atoms with Crippen molar-refractivity contribution in [1.82, 2.24) is 0 Å². The largest absolute Gasteiger partial charge is 1.00 e. The second-order valence-electron chi connectivity index (χ2n) is 2.92. The first kappa shape index (κ1) is 18.3. The Morgan fingerprint density at radius 2 is 1.59 bits per heavy atom. The van der Waals surface area contributed by atoms with Crippen LogP contribution in [-0.4, -0.2) is 33.5 Å². The molecule has 5 N–H and O–H groups in total. The maximum Gasteiger partial charge on any atom is 1.00 e. The predicted molar refractivity (Wildman–Crippen MR) is 57.5 cm³/mol. The SMILES string of the molecule is N[C@H](Cc1ccccc1)C(=O)O.O=C(O)O.[H-].[Na+]. The molecule has 0 saturated carbocycles. The summed E-state index contributed by atoms with van der Waals surface area (Å²) in [5, 5.41) is 22.5. The summed E-state index contributed by atoms with van der Waals surface area (Å²) in [6.45, 7) is 0. The van der Waals surface area contributed by atoms with Crippen LogP contribution in [0.15, 0.2) is 30.3 Å². The van der Waals surface area contributed by atoms with E-state index in [4.69, 9.17) is 25.8 Å². The maximum absolute atomic E-state index is 10.4. The van der Waals surface area contributed by atoms with Crippen LogP contribution in [0, 0.1) is 0 Å². The number of carbonyl (C=O) groups is 2. The number of hydrogen-bond acceptors (Lipinski definition) is 3. The number of hydrogen-bond donors (Lipinski definition) is 4. The second kappa shape index (κ2) is 10.1. The van der Waals surface area contributed by atoms with Gasteiger partial charge in [-0.15, -0.1) is 0 Å². The monoisotopic (exact) mass is 251 g/mol. The van der Waals surface area contributed by atoms with E-state index in [1.54, 1.807) is 0 Å². The Morgan fingerprint density at radius 3 is 1.94 bits per heavy atom. The Kier molecular flexibility index (Phi) is 10.9. The molecule has 0 bridgehead atoms. The standard InChI is InChI=1S/C9H11NO2.CH2O3.Na.H/c10-8(9(11)12)6-7-4-2-1-3-5-7;2-1(3)4;;/h1-5,8H,6,10H2,(H,11,12);(H2,2,3,4);;/q;;+1;-1/t8-;;;/m1.../s1. The zero-order chi connectivity index (χ0) is 12.6. The zero-order valence-corrected chi connectivity index (χ0v) is 11.4. The van der Waals surface area contributed by atoms with E-state index in [0.717, 1.165) is 5.56 Å². The quantitative estimate of drug-likeness (QED) is 0.460. The molecular formula is C10H14NNaO5. The van der Waals surface area contributed by atoms with Crippen LogP contribution >= 0.6 is 0 Å². The second-order valence-corrected chi connectivity index (χ2v) is 2.92. The third-order valence-corrected chi connectivity index (χ3v) is 1.62. The molecule has 0 aliphatic heterocycles. The van der Waals surface area contributed by atoms with Crippen LogP contribution in [0.25, 0.3) is 0 Å². The van der Waals surface area contributed by atoms with Crippen molar-refractivity contribution < 1.29 is 55.9 Å². The molecule has 0 saturated heterocycles. The van der Waals surface area contributed by atoms with Gasteiger partial charge in [0.2, 0.25) is 0 Å². The van der Waals surface area contributed by atoms with Crippen LogP contribution in [0.5, 0.6) is 0 Å². The molecule has 90 valence electrons. The minimum absolute atomic E-state index is 0. The maximum atomic E-state index is 10.4. The molecule has 0 unspecified atom stereocenters. The summed E-state index contributed by atoms with van der Waals surface area (Å²) < 4.78 is 0. The minimum atomic E-state index is -1.83. The number of aliphatic carboxylic acids is 1. The fourth-order valence-corrected chi connectivity index (χ4v) is 0.955. The molecule has 0 aliphatic rings. The minimum Gasteiger partial charge on any atom is -1.00 e. The van der Waals surface area contributed by atoms with Crippen molar-refractivity contribution >= 4 is 12.1 Å². The Morgan fingerprint density at radius 1 is 1.18 bits per heavy atom. The molecule has 0 spiro atoms. The Hall–Kier alpha value is -1.08. The van der Waals surface area contributed by atoms with E-state index in [9.17, 15) is 4.79 Å². The first-order valence-electron chi connectivity index (χ1n) is 4.37. The summed E-state index contributed by atoms with van der Waals surface area (Å²) in [4.78, 5) is 18.9. The molecule has 17 heavy (non-hydrogen) atoms. The smallest absolute Gasteiger partial charge is 1.00 e. The van der Waals surface area contributed by atoms with Crippen molar-refractivity contribution in [3.8, 4) is 0 Å². The van der Waals surface area contributed by atoms with Gasteiger partial charge in [0.1, 0.15) is 6.04 Å². The summed E-state index contributed by atoms with van der Waals surface area (Å²) in [5.41, 5.74) is 6.30. The molecular weight excluding hydrogens is 237 g/mol. The molecule has 1 aromatic rings. The van der Waals surface area contributed by atoms with Crippen molar-refractivity contribution in [1.29, 1.82) is 0 Å². The van der Waals surface area contributed by atoms with Gasteiger partial charge in [-0.1, -0.05) is 30.3 Å². The van der Waals surface area contributed by atoms with Gasteiger partial charge in [0.25, 0.3) is 0 Å². The number of rotatable bonds is 3. The molecule has 6 nitrogen and oxygen atoms in total. The van der Waals surface area contributed by atoms with Crippen LogP contribution in [-0.2, 0) is 11.2 Å². The number of benzene rings is 1. The van der Waals surface area contributed by atoms with E-state index in [0.29, 0.717) is 6.42 Å². The molecule has 0 radical (unpaired) electrons. The summed E-state index contributed by atoms with van der Waals surface area (Å²) >= 11 is 0. The van der Waals surface area contributed by atoms with Crippen molar-refractivity contribution in [3.63, 3.8) is 0 Å². The van der Waals surface area contributed by atoms with Crippen molar-refractivity contribution in [2.45, 2.75) is 12.5 Å². The Labute approximate surface area is 122 Å². The van der Waals surface area contributed by atoms with Crippen LogP contribution in [0.3, 0.4) is 0 Å². The molecule has 1 atom stereocenters. The molecule has 1 aromatic carbocycles. The average molecular weight is 251 g/mol. The Bertz CT molecular complexity index is 345. The number of carboxylic acid groups (broad SMARTS) is 3. The van der Waals surface area contributed by atoms with Gasteiger partial charge < -0.3 is 22.5 Å². The van der Waals surface area contributed by atoms with Crippen LogP contribution < -0.4 is 35.3 Å². The van der Waals surface area contributed by atoms with Crippen LogP contribution in [0.2, 0.25) is 0 Å². The third kappa shape index (κ3) is 11.2. The van der Waals surface area contributed by atoms with E-state index < -0.39 is 18.2 Å². The average Bonchev–Trinajstić information content (AvgIpc) is 2.18. The molecule has 0 fully saturated rings. The normalized spacial score (nSPS) is 10.2. The van der Waals surface area contributed by atoms with E-state index in [2.05, 4.69) is 0 Å². The van der Waals surface area contributed by atoms with Gasteiger partial charge in [-0.05, 0) is 12.0 Å². The summed E-state index contributed by atoms with van der Waals surface area (Å²) in [6, 6.07) is 8.54. The molecule has 1 rings (SSSR count). The van der Waals surface area contributed by atoms with Gasteiger partial charge in [0, 0.05) is 0 Å². The zero-order valence-electron chi connectivity index (χ0n) is 10.4. The predicted octanol–water partition coefficient (Wildman–Crippen LogP) is -2.02. The van der Waals surface area contributed by atoms with E-state index in [-0.39, 0.29) is 31.0 Å². The van der Waals surface area contributed by atoms with Gasteiger partial charge in [0.15, 0.2) is 0 Å². The van der Waals surface area contributed by atoms with Gasteiger partial charge in [0.05, 0.1) is 0 Å². The fourth-order valence-electron chi connectivity index (χ4n) is 0.955. The van der Waals surface area contributed by atoms with E-state index in [1.165, 1.54) is 0 Å². The number of carboxylic acids is 1. The Balaban J connectivity index is -0.000000332. The van der Waals surface area contributed by atoms with Gasteiger partial charge in [-0.25, -0.2) is 4.79 Å². The number of nitrogens with two attached hydrogens (primary N) is 1. The summed E-state index contributed by atoms with van der Waals surface area (Å²) in [7, 11) is 0. The van der Waals surface area contributed by atoms with Crippen molar-refractivity contribution in [2.24, 2.45) is 5.73 Å². The summed E-state index contributed by atoms with van der Waals surface area (Å²) in [6.07, 6.45) is -1.45. The third-order valence-electron chi connectivity index (χ3n) is 1.62. The van der Waals surface area contributed by atoms with Gasteiger partial charge >= 0.3 is 41.7 Å². The van der Waals surface area contributed by atoms with Gasteiger partial charge in [-0.3, -0.25) is 4.79 Å². The van der Waals surface area contributed by atoms with Crippen molar-refractivity contribution in [3.05, 3.63) is 35.9 Å². The van der Waals surface area contributed by atoms with Gasteiger partial charge in [-0.2, -0.15) is 0 Å². The molecule has 0 heterocycles. The topological polar surface area (TPSA) is 121 Å². The molecule has 0 amide bonds. The molecule has 0 aliphatic carbocycles.